The molecule has 1 aliphatic heterocycles. The van der Waals surface area contributed by atoms with E-state index in [1.54, 1.807) is 28.2 Å². The summed E-state index contributed by atoms with van der Waals surface area (Å²) in [6, 6.07) is 5.09. The van der Waals surface area contributed by atoms with Crippen LogP contribution in [0.15, 0.2) is 18.2 Å². The first-order valence-electron chi connectivity index (χ1n) is 7.64. The van der Waals surface area contributed by atoms with E-state index in [0.29, 0.717) is 28.9 Å². The minimum atomic E-state index is -0.0307. The van der Waals surface area contributed by atoms with E-state index >= 15 is 0 Å². The molecule has 1 aliphatic rings. The molecule has 1 unspecified atom stereocenters. The maximum Gasteiger partial charge on any atom is 0.226 e. The van der Waals surface area contributed by atoms with Gasteiger partial charge in [0.05, 0.1) is 5.92 Å². The second kappa shape index (κ2) is 8.20. The molecule has 0 saturated carbocycles. The summed E-state index contributed by atoms with van der Waals surface area (Å²) in [5.41, 5.74) is 0. The molecule has 1 atom stereocenters. The molecule has 23 heavy (non-hydrogen) atoms. The van der Waals surface area contributed by atoms with Gasteiger partial charge in [0, 0.05) is 55.4 Å². The van der Waals surface area contributed by atoms with Gasteiger partial charge in [0.15, 0.2) is 0 Å². The molecule has 0 aliphatic carbocycles. The Bertz CT molecular complexity index is 534. The molecule has 1 aromatic rings. The third kappa shape index (κ3) is 5.53. The highest BCUT2D eigenvalue weighted by Crippen LogP contribution is 2.27. The number of hydrogen-bond acceptors (Lipinski definition) is 4. The van der Waals surface area contributed by atoms with Crippen molar-refractivity contribution in [2.45, 2.75) is 6.42 Å². The fourth-order valence-electron chi connectivity index (χ4n) is 2.51. The summed E-state index contributed by atoms with van der Waals surface area (Å²) in [5.74, 6) is 0.732. The van der Waals surface area contributed by atoms with Crippen LogP contribution in [0.25, 0.3) is 0 Å². The molecule has 7 heteroatoms. The molecule has 0 spiro atoms. The van der Waals surface area contributed by atoms with E-state index in [2.05, 4.69) is 4.90 Å². The highest BCUT2D eigenvalue weighted by Gasteiger charge is 2.31. The molecule has 128 valence electrons. The van der Waals surface area contributed by atoms with Gasteiger partial charge in [-0.1, -0.05) is 23.2 Å². The van der Waals surface area contributed by atoms with Gasteiger partial charge in [-0.2, -0.15) is 0 Å². The van der Waals surface area contributed by atoms with Gasteiger partial charge in [-0.3, -0.25) is 4.79 Å². The Morgan fingerprint density at radius 1 is 1.22 bits per heavy atom. The van der Waals surface area contributed by atoms with Gasteiger partial charge < -0.3 is 14.6 Å². The highest BCUT2D eigenvalue weighted by molar-refractivity contribution is 6.34. The lowest BCUT2D eigenvalue weighted by Gasteiger charge is -2.23. The van der Waals surface area contributed by atoms with Crippen LogP contribution in [0.4, 0.5) is 0 Å². The Balaban J connectivity index is 1.86. The van der Waals surface area contributed by atoms with E-state index in [4.69, 9.17) is 28.0 Å². The zero-order valence-corrected chi connectivity index (χ0v) is 15.3. The van der Waals surface area contributed by atoms with Gasteiger partial charge in [0.2, 0.25) is 5.91 Å². The zero-order valence-electron chi connectivity index (χ0n) is 13.8. The standard InChI is InChI=1S/C16H23Cl2N3O2/c1-19(2)6-7-20(3)16(22)12-4-5-21(11-12)23-15-9-13(17)8-14(18)10-15/h8-10,12H,4-7,11H2,1-3H3. The number of benzene rings is 1. The number of amides is 1. The number of carbonyl (C=O) groups is 1. The Morgan fingerprint density at radius 2 is 1.87 bits per heavy atom. The smallest absolute Gasteiger partial charge is 0.226 e. The summed E-state index contributed by atoms with van der Waals surface area (Å²) >= 11 is 11.9. The highest BCUT2D eigenvalue weighted by atomic mass is 35.5. The zero-order chi connectivity index (χ0) is 17.0. The lowest BCUT2D eigenvalue weighted by Crippen LogP contribution is -2.38. The van der Waals surface area contributed by atoms with Crippen molar-refractivity contribution in [2.75, 3.05) is 47.3 Å². The molecule has 1 aromatic carbocycles. The summed E-state index contributed by atoms with van der Waals surface area (Å²) in [6.45, 7) is 2.88. The minimum absolute atomic E-state index is 0.0307. The molecule has 0 bridgehead atoms. The first kappa shape index (κ1) is 18.3. The van der Waals surface area contributed by atoms with Gasteiger partial charge >= 0.3 is 0 Å². The molecule has 1 fully saturated rings. The van der Waals surface area contributed by atoms with Crippen LogP contribution in [-0.4, -0.2) is 68.1 Å². The quantitative estimate of drug-likeness (QED) is 0.782. The van der Waals surface area contributed by atoms with Crippen molar-refractivity contribution in [3.8, 4) is 5.75 Å². The molecule has 1 amide bonds. The molecule has 5 nitrogen and oxygen atoms in total. The van der Waals surface area contributed by atoms with Crippen LogP contribution in [-0.2, 0) is 4.79 Å². The fourth-order valence-corrected chi connectivity index (χ4v) is 3.02. The SMILES string of the molecule is CN(C)CCN(C)C(=O)C1CCN(Oc2cc(Cl)cc(Cl)c2)C1. The minimum Gasteiger partial charge on any atom is -0.406 e. The Kier molecular flexibility index (Phi) is 6.53. The van der Waals surface area contributed by atoms with Crippen molar-refractivity contribution in [3.05, 3.63) is 28.2 Å². The third-order valence-corrected chi connectivity index (χ3v) is 4.27. The summed E-state index contributed by atoms with van der Waals surface area (Å²) < 4.78 is 0. The van der Waals surface area contributed by atoms with Gasteiger partial charge in [-0.15, -0.1) is 5.06 Å². The number of nitrogens with zero attached hydrogens (tertiary/aromatic N) is 3. The average molecular weight is 360 g/mol. The van der Waals surface area contributed by atoms with Crippen molar-refractivity contribution < 1.29 is 9.63 Å². The van der Waals surface area contributed by atoms with Crippen LogP contribution >= 0.6 is 23.2 Å². The molecule has 0 radical (unpaired) electrons. The number of likely N-dealkylation sites (N-methyl/N-ethyl adjacent to an activating group) is 2. The second-order valence-corrected chi connectivity index (χ2v) is 7.01. The van der Waals surface area contributed by atoms with E-state index in [0.717, 1.165) is 19.5 Å². The maximum atomic E-state index is 12.4. The van der Waals surface area contributed by atoms with Gasteiger partial charge in [-0.05, 0) is 26.6 Å². The molecule has 2 rings (SSSR count). The maximum absolute atomic E-state index is 12.4. The lowest BCUT2D eigenvalue weighted by molar-refractivity contribution is -0.135. The normalized spacial score (nSPS) is 18.4. The van der Waals surface area contributed by atoms with Crippen LogP contribution in [0.5, 0.6) is 5.75 Å². The second-order valence-electron chi connectivity index (χ2n) is 6.13. The van der Waals surface area contributed by atoms with Crippen LogP contribution < -0.4 is 4.84 Å². The number of halogens is 2. The average Bonchev–Trinajstić information content (AvgIpc) is 2.91. The van der Waals surface area contributed by atoms with Crippen molar-refractivity contribution in [2.24, 2.45) is 5.92 Å². The number of hydroxylamine groups is 2. The summed E-state index contributed by atoms with van der Waals surface area (Å²) in [5, 5.41) is 2.86. The Morgan fingerprint density at radius 3 is 2.48 bits per heavy atom. The molecular weight excluding hydrogens is 337 g/mol. The molecular formula is C16H23Cl2N3O2. The van der Waals surface area contributed by atoms with Crippen molar-refractivity contribution in [1.82, 2.24) is 14.9 Å². The third-order valence-electron chi connectivity index (χ3n) is 3.83. The summed E-state index contributed by atoms with van der Waals surface area (Å²) in [6.07, 6.45) is 0.791. The van der Waals surface area contributed by atoms with E-state index in [1.807, 2.05) is 21.1 Å². The molecule has 0 N–H and O–H groups in total. The predicted molar refractivity (Wildman–Crippen MR) is 93.0 cm³/mol. The van der Waals surface area contributed by atoms with Crippen LogP contribution in [0.2, 0.25) is 10.0 Å². The Labute approximate surface area is 147 Å². The fraction of sp³-hybridized carbons (Fsp3) is 0.562. The topological polar surface area (TPSA) is 36.0 Å². The first-order valence-corrected chi connectivity index (χ1v) is 8.39. The largest absolute Gasteiger partial charge is 0.406 e. The van der Waals surface area contributed by atoms with Crippen molar-refractivity contribution >= 4 is 29.1 Å². The van der Waals surface area contributed by atoms with Crippen LogP contribution in [0.1, 0.15) is 6.42 Å². The van der Waals surface area contributed by atoms with Crippen LogP contribution in [0, 0.1) is 5.92 Å². The number of hydrogen-bond donors (Lipinski definition) is 0. The van der Waals surface area contributed by atoms with E-state index < -0.39 is 0 Å². The molecule has 1 heterocycles. The van der Waals surface area contributed by atoms with Crippen molar-refractivity contribution in [1.29, 1.82) is 0 Å². The monoisotopic (exact) mass is 359 g/mol. The first-order chi connectivity index (χ1) is 10.8. The number of carbonyl (C=O) groups excluding carboxylic acids is 1. The Hall–Kier alpha value is -1.01. The number of rotatable bonds is 6. The van der Waals surface area contributed by atoms with Crippen molar-refractivity contribution in [3.63, 3.8) is 0 Å². The summed E-state index contributed by atoms with van der Waals surface area (Å²) in [7, 11) is 5.85. The van der Waals surface area contributed by atoms with Gasteiger partial charge in [-0.25, -0.2) is 0 Å². The summed E-state index contributed by atoms with van der Waals surface area (Å²) in [4.78, 5) is 22.1. The predicted octanol–water partition coefficient (Wildman–Crippen LogP) is 2.63. The van der Waals surface area contributed by atoms with E-state index in [-0.39, 0.29) is 11.8 Å². The molecule has 0 aromatic heterocycles. The molecule has 1 saturated heterocycles. The van der Waals surface area contributed by atoms with E-state index in [1.165, 1.54) is 0 Å². The van der Waals surface area contributed by atoms with Gasteiger partial charge in [0.25, 0.3) is 0 Å². The lowest BCUT2D eigenvalue weighted by atomic mass is 10.1. The van der Waals surface area contributed by atoms with E-state index in [9.17, 15) is 4.79 Å². The van der Waals surface area contributed by atoms with Gasteiger partial charge in [0.1, 0.15) is 5.75 Å². The van der Waals surface area contributed by atoms with Crippen LogP contribution in [0.3, 0.4) is 0 Å².